The van der Waals surface area contributed by atoms with Crippen LogP contribution in [-0.4, -0.2) is 29.2 Å². The number of fused-ring (bicyclic) bond motifs is 1. The molecule has 1 saturated carbocycles. The molecule has 0 aromatic heterocycles. The summed E-state index contributed by atoms with van der Waals surface area (Å²) in [5.74, 6) is -0.180. The van der Waals surface area contributed by atoms with Gasteiger partial charge in [-0.15, -0.1) is 0 Å². The van der Waals surface area contributed by atoms with Crippen LogP contribution in [0.25, 0.3) is 0 Å². The van der Waals surface area contributed by atoms with Gasteiger partial charge in [0.15, 0.2) is 5.75 Å². The average Bonchev–Trinajstić information content (AvgIpc) is 2.95. The molecular weight excluding hydrogens is 356 g/mol. The first-order valence-electron chi connectivity index (χ1n) is 9.60. The molecule has 1 aliphatic carbocycles. The van der Waals surface area contributed by atoms with Crippen molar-refractivity contribution < 1.29 is 19.1 Å². The van der Waals surface area contributed by atoms with Crippen molar-refractivity contribution in [2.45, 2.75) is 25.7 Å². The van der Waals surface area contributed by atoms with Crippen LogP contribution in [0.1, 0.15) is 25.7 Å². The highest BCUT2D eigenvalue weighted by Crippen LogP contribution is 2.38. The second-order valence-electron chi connectivity index (χ2n) is 7.22. The van der Waals surface area contributed by atoms with E-state index in [1.54, 1.807) is 18.2 Å². The maximum absolute atomic E-state index is 12.6. The number of ether oxygens (including phenoxy) is 1. The van der Waals surface area contributed by atoms with Crippen LogP contribution in [0, 0.1) is 11.8 Å². The van der Waals surface area contributed by atoms with Crippen LogP contribution in [0.3, 0.4) is 0 Å². The number of hydrogen-bond acceptors (Lipinski definition) is 4. The van der Waals surface area contributed by atoms with E-state index in [2.05, 4.69) is 5.32 Å². The topological polar surface area (TPSA) is 75.7 Å². The van der Waals surface area contributed by atoms with Gasteiger partial charge in [-0.3, -0.25) is 19.3 Å². The lowest BCUT2D eigenvalue weighted by molar-refractivity contribution is -0.142. The standard InChI is InChI=1S/C22H22N2O4/c25-20(14-24-21(26)16-10-4-5-11-17(16)22(24)27)23-18-12-6-7-13-19(18)28-15-8-2-1-3-9-15/h1-3,6-9,12-13,16-17H,4-5,10-11,14H2,(H,23,25)/t16-,17-/m0/s1. The van der Waals surface area contributed by atoms with Crippen molar-refractivity contribution in [2.75, 3.05) is 11.9 Å². The molecular formula is C22H22N2O4. The third kappa shape index (κ3) is 3.63. The molecule has 1 N–H and O–H groups in total. The van der Waals surface area contributed by atoms with E-state index in [0.29, 0.717) is 17.2 Å². The summed E-state index contributed by atoms with van der Waals surface area (Å²) in [5.41, 5.74) is 0.493. The van der Waals surface area contributed by atoms with Gasteiger partial charge in [0, 0.05) is 0 Å². The lowest BCUT2D eigenvalue weighted by Gasteiger charge is -2.19. The van der Waals surface area contributed by atoms with Gasteiger partial charge >= 0.3 is 0 Å². The Labute approximate surface area is 163 Å². The second kappa shape index (κ2) is 7.84. The Morgan fingerprint density at radius 2 is 1.54 bits per heavy atom. The summed E-state index contributed by atoms with van der Waals surface area (Å²) in [7, 11) is 0. The number of anilines is 1. The maximum atomic E-state index is 12.6. The minimum Gasteiger partial charge on any atom is -0.455 e. The molecule has 1 aliphatic heterocycles. The molecule has 2 aromatic carbocycles. The van der Waals surface area contributed by atoms with Gasteiger partial charge < -0.3 is 10.1 Å². The Morgan fingerprint density at radius 3 is 2.21 bits per heavy atom. The van der Waals surface area contributed by atoms with E-state index in [4.69, 9.17) is 4.74 Å². The lowest BCUT2D eigenvalue weighted by Crippen LogP contribution is -2.38. The first-order chi connectivity index (χ1) is 13.6. The fourth-order valence-corrected chi connectivity index (χ4v) is 3.99. The Balaban J connectivity index is 1.44. The molecule has 3 amide bonds. The largest absolute Gasteiger partial charge is 0.455 e. The maximum Gasteiger partial charge on any atom is 0.244 e. The van der Waals surface area contributed by atoms with Crippen LogP contribution in [0.2, 0.25) is 0 Å². The summed E-state index contributed by atoms with van der Waals surface area (Å²) in [6, 6.07) is 16.3. The molecule has 28 heavy (non-hydrogen) atoms. The van der Waals surface area contributed by atoms with E-state index in [-0.39, 0.29) is 30.2 Å². The van der Waals surface area contributed by atoms with Crippen molar-refractivity contribution in [3.05, 3.63) is 54.6 Å². The van der Waals surface area contributed by atoms with Crippen molar-refractivity contribution in [1.29, 1.82) is 0 Å². The third-order valence-electron chi connectivity index (χ3n) is 5.37. The molecule has 0 bridgehead atoms. The molecule has 4 rings (SSSR count). The summed E-state index contributed by atoms with van der Waals surface area (Å²) >= 11 is 0. The van der Waals surface area contributed by atoms with E-state index < -0.39 is 5.91 Å². The monoisotopic (exact) mass is 378 g/mol. The third-order valence-corrected chi connectivity index (χ3v) is 5.37. The van der Waals surface area contributed by atoms with Gasteiger partial charge in [0.1, 0.15) is 12.3 Å². The molecule has 6 heteroatoms. The van der Waals surface area contributed by atoms with E-state index in [9.17, 15) is 14.4 Å². The fourth-order valence-electron chi connectivity index (χ4n) is 3.99. The van der Waals surface area contributed by atoms with Gasteiger partial charge in [-0.05, 0) is 37.1 Å². The number of para-hydroxylation sites is 3. The van der Waals surface area contributed by atoms with Crippen LogP contribution in [0.4, 0.5) is 5.69 Å². The molecule has 0 radical (unpaired) electrons. The Morgan fingerprint density at radius 1 is 0.929 bits per heavy atom. The van der Waals surface area contributed by atoms with Gasteiger partial charge in [-0.25, -0.2) is 0 Å². The highest BCUT2D eigenvalue weighted by Gasteiger charge is 2.48. The van der Waals surface area contributed by atoms with Crippen molar-refractivity contribution >= 4 is 23.4 Å². The van der Waals surface area contributed by atoms with Gasteiger partial charge in [-0.2, -0.15) is 0 Å². The Kier molecular flexibility index (Phi) is 5.10. The van der Waals surface area contributed by atoms with E-state index in [0.717, 1.165) is 30.6 Å². The quantitative estimate of drug-likeness (QED) is 0.807. The SMILES string of the molecule is O=C(CN1C(=O)[C@H]2CCCC[C@@H]2C1=O)Nc1ccccc1Oc1ccccc1. The zero-order valence-electron chi connectivity index (χ0n) is 15.5. The molecule has 2 aliphatic rings. The van der Waals surface area contributed by atoms with Crippen molar-refractivity contribution in [3.63, 3.8) is 0 Å². The summed E-state index contributed by atoms with van der Waals surface area (Å²) in [4.78, 5) is 38.8. The van der Waals surface area contributed by atoms with Crippen molar-refractivity contribution in [2.24, 2.45) is 11.8 Å². The fraction of sp³-hybridized carbons (Fsp3) is 0.318. The Bertz CT molecular complexity index is 872. The van der Waals surface area contributed by atoms with Crippen LogP contribution >= 0.6 is 0 Å². The number of hydrogen-bond donors (Lipinski definition) is 1. The van der Waals surface area contributed by atoms with E-state index >= 15 is 0 Å². The summed E-state index contributed by atoms with van der Waals surface area (Å²) in [5, 5.41) is 2.77. The molecule has 2 aromatic rings. The number of likely N-dealkylation sites (tertiary alicyclic amines) is 1. The van der Waals surface area contributed by atoms with Crippen LogP contribution in [0.15, 0.2) is 54.6 Å². The minimum atomic E-state index is -0.413. The van der Waals surface area contributed by atoms with Gasteiger partial charge in [-0.1, -0.05) is 43.2 Å². The molecule has 2 atom stereocenters. The number of carbonyl (C=O) groups excluding carboxylic acids is 3. The molecule has 1 heterocycles. The molecule has 2 fully saturated rings. The normalized spacial score (nSPS) is 21.4. The van der Waals surface area contributed by atoms with Crippen LogP contribution in [-0.2, 0) is 14.4 Å². The summed E-state index contributed by atoms with van der Waals surface area (Å²) in [6.07, 6.45) is 3.40. The summed E-state index contributed by atoms with van der Waals surface area (Å²) in [6.45, 7) is -0.260. The molecule has 0 spiro atoms. The van der Waals surface area contributed by atoms with Crippen LogP contribution < -0.4 is 10.1 Å². The zero-order chi connectivity index (χ0) is 19.5. The van der Waals surface area contributed by atoms with Gasteiger partial charge in [0.05, 0.1) is 17.5 Å². The number of benzene rings is 2. The molecule has 6 nitrogen and oxygen atoms in total. The van der Waals surface area contributed by atoms with E-state index in [1.807, 2.05) is 36.4 Å². The van der Waals surface area contributed by atoms with Gasteiger partial charge in [0.2, 0.25) is 17.7 Å². The average molecular weight is 378 g/mol. The number of nitrogens with one attached hydrogen (secondary N) is 1. The van der Waals surface area contributed by atoms with Gasteiger partial charge in [0.25, 0.3) is 0 Å². The number of imide groups is 1. The van der Waals surface area contributed by atoms with Crippen molar-refractivity contribution in [3.8, 4) is 11.5 Å². The summed E-state index contributed by atoms with van der Waals surface area (Å²) < 4.78 is 5.84. The first-order valence-corrected chi connectivity index (χ1v) is 9.60. The molecule has 1 saturated heterocycles. The number of carbonyl (C=O) groups is 3. The van der Waals surface area contributed by atoms with Crippen LogP contribution in [0.5, 0.6) is 11.5 Å². The highest BCUT2D eigenvalue weighted by molar-refractivity contribution is 6.08. The second-order valence-corrected chi connectivity index (χ2v) is 7.22. The minimum absolute atomic E-state index is 0.210. The Hall–Kier alpha value is -3.15. The first kappa shape index (κ1) is 18.2. The predicted octanol–water partition coefficient (Wildman–Crippen LogP) is 3.59. The number of rotatable bonds is 5. The number of amides is 3. The lowest BCUT2D eigenvalue weighted by atomic mass is 9.81. The predicted molar refractivity (Wildman–Crippen MR) is 104 cm³/mol. The zero-order valence-corrected chi connectivity index (χ0v) is 15.5. The molecule has 144 valence electrons. The number of nitrogens with zero attached hydrogens (tertiary/aromatic N) is 1. The molecule has 0 unspecified atom stereocenters. The van der Waals surface area contributed by atoms with Crippen molar-refractivity contribution in [1.82, 2.24) is 4.90 Å². The van der Waals surface area contributed by atoms with E-state index in [1.165, 1.54) is 0 Å². The highest BCUT2D eigenvalue weighted by atomic mass is 16.5. The smallest absolute Gasteiger partial charge is 0.244 e.